The number of hydrogen-bond donors (Lipinski definition) is 1. The quantitative estimate of drug-likeness (QED) is 0.364. The van der Waals surface area contributed by atoms with E-state index in [0.29, 0.717) is 19.4 Å². The zero-order chi connectivity index (χ0) is 11.5. The largest absolute Gasteiger partial charge is 0.466 e. The second-order valence-corrected chi connectivity index (χ2v) is 3.64. The van der Waals surface area contributed by atoms with Crippen molar-refractivity contribution in [1.82, 2.24) is 0 Å². The molecule has 3 nitrogen and oxygen atoms in total. The topological polar surface area (TPSA) is 46.5 Å². The van der Waals surface area contributed by atoms with Crippen molar-refractivity contribution in [1.29, 1.82) is 0 Å². The van der Waals surface area contributed by atoms with E-state index < -0.39 is 0 Å². The van der Waals surface area contributed by atoms with Crippen LogP contribution in [0.4, 0.5) is 0 Å². The van der Waals surface area contributed by atoms with Crippen molar-refractivity contribution in [2.45, 2.75) is 51.6 Å². The average molecular weight is 214 g/mol. The summed E-state index contributed by atoms with van der Waals surface area (Å²) in [5.74, 6) is -0.130. The van der Waals surface area contributed by atoms with Gasteiger partial charge in [-0.1, -0.05) is 19.4 Å². The Balaban J connectivity index is 3.29. The van der Waals surface area contributed by atoms with Crippen molar-refractivity contribution in [3.05, 3.63) is 12.7 Å². The Labute approximate surface area is 92.1 Å². The monoisotopic (exact) mass is 214 g/mol. The molecule has 0 heterocycles. The molecule has 0 radical (unpaired) electrons. The average Bonchev–Trinajstić information content (AvgIpc) is 2.22. The molecular formula is C12H22O3. The highest BCUT2D eigenvalue weighted by molar-refractivity contribution is 5.69. The summed E-state index contributed by atoms with van der Waals surface area (Å²) in [6.45, 7) is 6.04. The van der Waals surface area contributed by atoms with E-state index in [-0.39, 0.29) is 12.1 Å². The number of rotatable bonds is 9. The van der Waals surface area contributed by atoms with Crippen LogP contribution in [0.1, 0.15) is 45.4 Å². The van der Waals surface area contributed by atoms with Gasteiger partial charge in [0, 0.05) is 6.42 Å². The fourth-order valence-electron chi connectivity index (χ4n) is 1.25. The number of unbranched alkanes of at least 4 members (excludes halogenated alkanes) is 1. The first-order valence-electron chi connectivity index (χ1n) is 5.65. The van der Waals surface area contributed by atoms with Crippen molar-refractivity contribution < 1.29 is 14.6 Å². The van der Waals surface area contributed by atoms with Crippen molar-refractivity contribution in [2.75, 3.05) is 6.61 Å². The summed E-state index contributed by atoms with van der Waals surface area (Å²) >= 11 is 0. The van der Waals surface area contributed by atoms with Crippen LogP contribution in [-0.4, -0.2) is 23.8 Å². The van der Waals surface area contributed by atoms with E-state index in [4.69, 9.17) is 4.74 Å². The van der Waals surface area contributed by atoms with Crippen LogP contribution >= 0.6 is 0 Å². The van der Waals surface area contributed by atoms with Crippen LogP contribution in [-0.2, 0) is 9.53 Å². The van der Waals surface area contributed by atoms with Gasteiger partial charge in [-0.05, 0) is 25.7 Å². The van der Waals surface area contributed by atoms with Gasteiger partial charge >= 0.3 is 5.97 Å². The van der Waals surface area contributed by atoms with Gasteiger partial charge in [0.05, 0.1) is 12.7 Å². The standard InChI is InChI=1S/C12H22O3/c1-3-7-11(13)8-5-6-9-12(14)15-10-4-2/h3,11,13H,1,4-10H2,2H3/t11-/m0/s1. The lowest BCUT2D eigenvalue weighted by atomic mass is 10.1. The van der Waals surface area contributed by atoms with Crippen LogP contribution < -0.4 is 0 Å². The van der Waals surface area contributed by atoms with Crippen LogP contribution in [0.2, 0.25) is 0 Å². The zero-order valence-corrected chi connectivity index (χ0v) is 9.58. The maximum absolute atomic E-state index is 11.1. The predicted molar refractivity (Wildman–Crippen MR) is 60.5 cm³/mol. The minimum atomic E-state index is -0.311. The SMILES string of the molecule is C=CC[C@H](O)CCCCC(=O)OCCC. The summed E-state index contributed by atoms with van der Waals surface area (Å²) < 4.78 is 4.93. The van der Waals surface area contributed by atoms with Gasteiger partial charge in [-0.2, -0.15) is 0 Å². The first-order chi connectivity index (χ1) is 7.20. The Bertz CT molecular complexity index is 178. The van der Waals surface area contributed by atoms with E-state index in [1.807, 2.05) is 6.92 Å². The lowest BCUT2D eigenvalue weighted by Crippen LogP contribution is -2.07. The second-order valence-electron chi connectivity index (χ2n) is 3.64. The number of ether oxygens (including phenoxy) is 1. The van der Waals surface area contributed by atoms with E-state index in [1.165, 1.54) is 0 Å². The highest BCUT2D eigenvalue weighted by atomic mass is 16.5. The Kier molecular flexibility index (Phi) is 9.18. The summed E-state index contributed by atoms with van der Waals surface area (Å²) in [5, 5.41) is 9.37. The molecule has 15 heavy (non-hydrogen) atoms. The van der Waals surface area contributed by atoms with Gasteiger partial charge in [-0.3, -0.25) is 4.79 Å². The highest BCUT2D eigenvalue weighted by Crippen LogP contribution is 2.07. The highest BCUT2D eigenvalue weighted by Gasteiger charge is 2.04. The molecule has 0 aromatic carbocycles. The first-order valence-corrected chi connectivity index (χ1v) is 5.65. The van der Waals surface area contributed by atoms with Crippen LogP contribution in [0.5, 0.6) is 0 Å². The molecule has 0 amide bonds. The molecule has 0 spiro atoms. The maximum atomic E-state index is 11.1. The number of aliphatic hydroxyl groups is 1. The van der Waals surface area contributed by atoms with E-state index in [9.17, 15) is 9.90 Å². The molecule has 0 aromatic heterocycles. The molecule has 0 rings (SSSR count). The Hall–Kier alpha value is -0.830. The summed E-state index contributed by atoms with van der Waals surface area (Å²) in [6, 6.07) is 0. The second kappa shape index (κ2) is 9.71. The van der Waals surface area contributed by atoms with E-state index in [1.54, 1.807) is 6.08 Å². The summed E-state index contributed by atoms with van der Waals surface area (Å²) in [4.78, 5) is 11.1. The van der Waals surface area contributed by atoms with Crippen molar-refractivity contribution in [2.24, 2.45) is 0 Å². The van der Waals surface area contributed by atoms with Crippen LogP contribution in [0.15, 0.2) is 12.7 Å². The zero-order valence-electron chi connectivity index (χ0n) is 9.58. The van der Waals surface area contributed by atoms with Gasteiger partial charge in [0.15, 0.2) is 0 Å². The lowest BCUT2D eigenvalue weighted by Gasteiger charge is -2.07. The van der Waals surface area contributed by atoms with Crippen LogP contribution in [0.25, 0.3) is 0 Å². The molecule has 88 valence electrons. The minimum Gasteiger partial charge on any atom is -0.466 e. The molecule has 0 aliphatic carbocycles. The lowest BCUT2D eigenvalue weighted by molar-refractivity contribution is -0.143. The smallest absolute Gasteiger partial charge is 0.305 e. The number of esters is 1. The molecular weight excluding hydrogens is 192 g/mol. The molecule has 0 saturated carbocycles. The minimum absolute atomic E-state index is 0.130. The fraction of sp³-hybridized carbons (Fsp3) is 0.750. The van der Waals surface area contributed by atoms with Crippen LogP contribution in [0, 0.1) is 0 Å². The molecule has 1 atom stereocenters. The Morgan fingerprint density at radius 3 is 2.87 bits per heavy atom. The Morgan fingerprint density at radius 1 is 1.53 bits per heavy atom. The summed E-state index contributed by atoms with van der Waals surface area (Å²) in [5.41, 5.74) is 0. The molecule has 0 aliphatic rings. The molecule has 0 aliphatic heterocycles. The fourth-order valence-corrected chi connectivity index (χ4v) is 1.25. The molecule has 0 fully saturated rings. The molecule has 0 saturated heterocycles. The number of carbonyl (C=O) groups excluding carboxylic acids is 1. The van der Waals surface area contributed by atoms with E-state index in [2.05, 4.69) is 6.58 Å². The van der Waals surface area contributed by atoms with Gasteiger partial charge in [0.1, 0.15) is 0 Å². The van der Waals surface area contributed by atoms with Crippen molar-refractivity contribution in [3.8, 4) is 0 Å². The number of carbonyl (C=O) groups is 1. The number of aliphatic hydroxyl groups excluding tert-OH is 1. The van der Waals surface area contributed by atoms with Gasteiger partial charge in [-0.15, -0.1) is 6.58 Å². The van der Waals surface area contributed by atoms with Gasteiger partial charge in [0.25, 0.3) is 0 Å². The first kappa shape index (κ1) is 14.2. The molecule has 1 N–H and O–H groups in total. The normalized spacial score (nSPS) is 12.1. The summed E-state index contributed by atoms with van der Waals surface area (Å²) in [6.07, 6.45) is 5.72. The third-order valence-electron chi connectivity index (χ3n) is 2.07. The van der Waals surface area contributed by atoms with Crippen molar-refractivity contribution >= 4 is 5.97 Å². The third-order valence-corrected chi connectivity index (χ3v) is 2.07. The van der Waals surface area contributed by atoms with E-state index >= 15 is 0 Å². The molecule has 0 bridgehead atoms. The summed E-state index contributed by atoms with van der Waals surface area (Å²) in [7, 11) is 0. The van der Waals surface area contributed by atoms with E-state index in [0.717, 1.165) is 25.7 Å². The maximum Gasteiger partial charge on any atom is 0.305 e. The number of hydrogen-bond acceptors (Lipinski definition) is 3. The molecule has 0 unspecified atom stereocenters. The van der Waals surface area contributed by atoms with Gasteiger partial charge in [0.2, 0.25) is 0 Å². The molecule has 3 heteroatoms. The molecule has 0 aromatic rings. The van der Waals surface area contributed by atoms with Gasteiger partial charge < -0.3 is 9.84 Å². The Morgan fingerprint density at radius 2 is 2.27 bits per heavy atom. The van der Waals surface area contributed by atoms with Crippen molar-refractivity contribution in [3.63, 3.8) is 0 Å². The predicted octanol–water partition coefficient (Wildman–Crippen LogP) is 2.44. The third kappa shape index (κ3) is 9.47. The van der Waals surface area contributed by atoms with Gasteiger partial charge in [-0.25, -0.2) is 0 Å². The van der Waals surface area contributed by atoms with Crippen LogP contribution in [0.3, 0.4) is 0 Å².